The van der Waals surface area contributed by atoms with E-state index in [2.05, 4.69) is 15.4 Å². The van der Waals surface area contributed by atoms with E-state index in [-0.39, 0.29) is 12.4 Å². The first-order valence-electron chi connectivity index (χ1n) is 10.4. The highest BCUT2D eigenvalue weighted by Gasteiger charge is 2.16. The maximum absolute atomic E-state index is 12.0. The van der Waals surface area contributed by atoms with Crippen molar-refractivity contribution in [2.45, 2.75) is 32.8 Å². The summed E-state index contributed by atoms with van der Waals surface area (Å²) in [7, 11) is 1.63. The van der Waals surface area contributed by atoms with Gasteiger partial charge in [0.05, 0.1) is 19.2 Å². The second kappa shape index (κ2) is 8.70. The predicted octanol–water partition coefficient (Wildman–Crippen LogP) is 5.03. The molecule has 0 saturated heterocycles. The van der Waals surface area contributed by atoms with Crippen molar-refractivity contribution in [3.8, 4) is 16.9 Å². The van der Waals surface area contributed by atoms with E-state index in [1.807, 2.05) is 87.6 Å². The summed E-state index contributed by atoms with van der Waals surface area (Å²) in [6.07, 6.45) is 2.18. The SMILES string of the molecule is COc1ccccc1Nc1nc2ccc(-c3ccc(CC(=O)OC(C)(C)C)cc3)cn2n1. The number of aromatic nitrogens is 3. The number of rotatable bonds is 6. The topological polar surface area (TPSA) is 77.8 Å². The van der Waals surface area contributed by atoms with Crippen LogP contribution in [0.2, 0.25) is 0 Å². The summed E-state index contributed by atoms with van der Waals surface area (Å²) in [5.74, 6) is 0.974. The van der Waals surface area contributed by atoms with Crippen molar-refractivity contribution >= 4 is 23.3 Å². The number of esters is 1. The van der Waals surface area contributed by atoms with Gasteiger partial charge in [-0.25, -0.2) is 4.52 Å². The average Bonchev–Trinajstić information content (AvgIpc) is 3.15. The van der Waals surface area contributed by atoms with Crippen LogP contribution in [0.4, 0.5) is 11.6 Å². The third-order valence-electron chi connectivity index (χ3n) is 4.74. The van der Waals surface area contributed by atoms with E-state index < -0.39 is 5.60 Å². The van der Waals surface area contributed by atoms with Crippen LogP contribution in [-0.4, -0.2) is 33.3 Å². The highest BCUT2D eigenvalue weighted by molar-refractivity contribution is 5.74. The van der Waals surface area contributed by atoms with Crippen LogP contribution >= 0.6 is 0 Å². The van der Waals surface area contributed by atoms with Crippen LogP contribution in [0.15, 0.2) is 66.9 Å². The van der Waals surface area contributed by atoms with Gasteiger partial charge in [0.15, 0.2) is 5.65 Å². The predicted molar refractivity (Wildman–Crippen MR) is 124 cm³/mol. The number of carbonyl (C=O) groups excluding carboxylic acids is 1. The lowest BCUT2D eigenvalue weighted by Crippen LogP contribution is -2.24. The summed E-state index contributed by atoms with van der Waals surface area (Å²) in [5, 5.41) is 7.74. The first-order valence-corrected chi connectivity index (χ1v) is 10.4. The number of hydrogen-bond acceptors (Lipinski definition) is 6. The third-order valence-corrected chi connectivity index (χ3v) is 4.74. The van der Waals surface area contributed by atoms with Gasteiger partial charge in [-0.3, -0.25) is 4.79 Å². The number of methoxy groups -OCH3 is 1. The Morgan fingerprint density at radius 3 is 2.44 bits per heavy atom. The van der Waals surface area contributed by atoms with E-state index in [9.17, 15) is 4.79 Å². The second-order valence-corrected chi connectivity index (χ2v) is 8.44. The van der Waals surface area contributed by atoms with Crippen LogP contribution in [0, 0.1) is 0 Å². The zero-order valence-electron chi connectivity index (χ0n) is 18.6. The van der Waals surface area contributed by atoms with Gasteiger partial charge in [0, 0.05) is 11.8 Å². The van der Waals surface area contributed by atoms with Gasteiger partial charge in [-0.05, 0) is 56.2 Å². The number of nitrogens with one attached hydrogen (secondary N) is 1. The fourth-order valence-electron chi connectivity index (χ4n) is 3.33. The van der Waals surface area contributed by atoms with E-state index in [1.165, 1.54) is 0 Å². The molecule has 0 saturated carbocycles. The van der Waals surface area contributed by atoms with Crippen molar-refractivity contribution in [2.75, 3.05) is 12.4 Å². The molecule has 0 atom stereocenters. The van der Waals surface area contributed by atoms with Gasteiger partial charge in [-0.1, -0.05) is 36.4 Å². The van der Waals surface area contributed by atoms with Crippen molar-refractivity contribution < 1.29 is 14.3 Å². The molecule has 32 heavy (non-hydrogen) atoms. The molecule has 4 aromatic rings. The molecule has 0 aliphatic rings. The molecule has 0 aliphatic carbocycles. The smallest absolute Gasteiger partial charge is 0.310 e. The molecule has 1 N–H and O–H groups in total. The lowest BCUT2D eigenvalue weighted by Gasteiger charge is -2.19. The zero-order valence-corrected chi connectivity index (χ0v) is 18.6. The van der Waals surface area contributed by atoms with E-state index in [4.69, 9.17) is 9.47 Å². The molecular formula is C25H26N4O3. The lowest BCUT2D eigenvalue weighted by molar-refractivity contribution is -0.153. The minimum atomic E-state index is -0.483. The molecule has 4 rings (SSSR count). The largest absolute Gasteiger partial charge is 0.495 e. The summed E-state index contributed by atoms with van der Waals surface area (Å²) in [6, 6.07) is 19.4. The summed E-state index contributed by atoms with van der Waals surface area (Å²) in [5.41, 5.74) is 3.97. The van der Waals surface area contributed by atoms with Crippen LogP contribution in [0.25, 0.3) is 16.8 Å². The molecule has 7 nitrogen and oxygen atoms in total. The van der Waals surface area contributed by atoms with E-state index >= 15 is 0 Å². The number of pyridine rings is 1. The molecule has 0 bridgehead atoms. The number of hydrogen-bond donors (Lipinski definition) is 1. The number of fused-ring (bicyclic) bond motifs is 1. The molecule has 0 aliphatic heterocycles. The Kier molecular flexibility index (Phi) is 5.81. The third kappa shape index (κ3) is 5.06. The molecular weight excluding hydrogens is 404 g/mol. The fourth-order valence-corrected chi connectivity index (χ4v) is 3.33. The van der Waals surface area contributed by atoms with Gasteiger partial charge in [0.1, 0.15) is 11.4 Å². The molecule has 0 unspecified atom stereocenters. The number of anilines is 2. The van der Waals surface area contributed by atoms with Gasteiger partial charge < -0.3 is 14.8 Å². The van der Waals surface area contributed by atoms with Crippen molar-refractivity contribution in [1.29, 1.82) is 0 Å². The molecule has 2 aromatic heterocycles. The quantitative estimate of drug-likeness (QED) is 0.432. The van der Waals surface area contributed by atoms with E-state index in [0.717, 1.165) is 33.8 Å². The first kappa shape index (κ1) is 21.4. The Bertz CT molecular complexity index is 1240. The average molecular weight is 431 g/mol. The van der Waals surface area contributed by atoms with Gasteiger partial charge >= 0.3 is 5.97 Å². The van der Waals surface area contributed by atoms with Gasteiger partial charge in [0.25, 0.3) is 0 Å². The van der Waals surface area contributed by atoms with Crippen molar-refractivity contribution in [3.63, 3.8) is 0 Å². The molecule has 2 aromatic carbocycles. The molecule has 0 amide bonds. The Balaban J connectivity index is 1.51. The minimum Gasteiger partial charge on any atom is -0.495 e. The van der Waals surface area contributed by atoms with E-state index in [0.29, 0.717) is 5.95 Å². The van der Waals surface area contributed by atoms with Crippen LogP contribution < -0.4 is 10.1 Å². The fraction of sp³-hybridized carbons (Fsp3) is 0.240. The Labute approximate surface area is 187 Å². The molecule has 7 heteroatoms. The van der Waals surface area contributed by atoms with Crippen LogP contribution in [0.3, 0.4) is 0 Å². The Morgan fingerprint density at radius 1 is 1.00 bits per heavy atom. The molecule has 0 radical (unpaired) electrons. The number of benzene rings is 2. The van der Waals surface area contributed by atoms with Crippen LogP contribution in [0.1, 0.15) is 26.3 Å². The van der Waals surface area contributed by atoms with Crippen LogP contribution in [-0.2, 0) is 16.0 Å². The normalized spacial score (nSPS) is 11.4. The van der Waals surface area contributed by atoms with E-state index in [1.54, 1.807) is 11.6 Å². The van der Waals surface area contributed by atoms with Gasteiger partial charge in [-0.2, -0.15) is 4.98 Å². The number of ether oxygens (including phenoxy) is 2. The lowest BCUT2D eigenvalue weighted by atomic mass is 10.0. The highest BCUT2D eigenvalue weighted by Crippen LogP contribution is 2.26. The molecule has 164 valence electrons. The molecule has 0 spiro atoms. The maximum Gasteiger partial charge on any atom is 0.310 e. The highest BCUT2D eigenvalue weighted by atomic mass is 16.6. The van der Waals surface area contributed by atoms with Crippen molar-refractivity contribution in [3.05, 3.63) is 72.4 Å². The standard InChI is InChI=1S/C25H26N4O3/c1-25(2,3)32-23(30)15-17-9-11-18(12-10-17)19-13-14-22-27-24(28-29(22)16-19)26-20-7-5-6-8-21(20)31-4/h5-14,16H,15H2,1-4H3,(H,26,28). The van der Waals surface area contributed by atoms with Crippen molar-refractivity contribution in [2.24, 2.45) is 0 Å². The maximum atomic E-state index is 12.0. The first-order chi connectivity index (χ1) is 15.3. The number of carbonyl (C=O) groups is 1. The molecule has 0 fully saturated rings. The summed E-state index contributed by atoms with van der Waals surface area (Å²) < 4.78 is 12.5. The monoisotopic (exact) mass is 430 g/mol. The Hall–Kier alpha value is -3.87. The van der Waals surface area contributed by atoms with Crippen LogP contribution in [0.5, 0.6) is 5.75 Å². The molecule has 2 heterocycles. The van der Waals surface area contributed by atoms with Gasteiger partial charge in [-0.15, -0.1) is 5.10 Å². The summed E-state index contributed by atoms with van der Waals surface area (Å²) >= 11 is 0. The zero-order chi connectivity index (χ0) is 22.7. The Morgan fingerprint density at radius 2 is 1.72 bits per heavy atom. The minimum absolute atomic E-state index is 0.232. The number of para-hydroxylation sites is 2. The summed E-state index contributed by atoms with van der Waals surface area (Å²) in [6.45, 7) is 5.60. The van der Waals surface area contributed by atoms with Gasteiger partial charge in [0.2, 0.25) is 5.95 Å². The summed E-state index contributed by atoms with van der Waals surface area (Å²) in [4.78, 5) is 16.6. The van der Waals surface area contributed by atoms with Crippen molar-refractivity contribution in [1.82, 2.24) is 14.6 Å². The number of nitrogens with zero attached hydrogens (tertiary/aromatic N) is 3. The second-order valence-electron chi connectivity index (χ2n) is 8.44.